The second-order valence-corrected chi connectivity index (χ2v) is 5.28. The number of ether oxygens (including phenoxy) is 1. The lowest BCUT2D eigenvalue weighted by Gasteiger charge is -2.22. The molecule has 0 aliphatic rings. The van der Waals surface area contributed by atoms with Crippen LogP contribution < -0.4 is 9.64 Å². The lowest BCUT2D eigenvalue weighted by Crippen LogP contribution is -2.20. The zero-order chi connectivity index (χ0) is 15.2. The molecule has 3 nitrogen and oxygen atoms in total. The molecular formula is C18H23NO2. The predicted octanol–water partition coefficient (Wildman–Crippen LogP) is 3.56. The van der Waals surface area contributed by atoms with E-state index < -0.39 is 6.10 Å². The van der Waals surface area contributed by atoms with Crippen LogP contribution in [0.5, 0.6) is 5.75 Å². The summed E-state index contributed by atoms with van der Waals surface area (Å²) in [7, 11) is 3.70. The SMILES string of the molecule is COc1ccc(C(O)CCN(C)c2ccccc2)c(C)c1. The van der Waals surface area contributed by atoms with Gasteiger partial charge in [-0.25, -0.2) is 0 Å². The van der Waals surface area contributed by atoms with Gasteiger partial charge in [-0.2, -0.15) is 0 Å². The van der Waals surface area contributed by atoms with Crippen molar-refractivity contribution in [3.05, 3.63) is 59.7 Å². The molecule has 0 aliphatic carbocycles. The van der Waals surface area contributed by atoms with Gasteiger partial charge in [-0.3, -0.25) is 0 Å². The third-order valence-corrected chi connectivity index (χ3v) is 3.77. The third-order valence-electron chi connectivity index (χ3n) is 3.77. The van der Waals surface area contributed by atoms with Crippen molar-refractivity contribution in [2.24, 2.45) is 0 Å². The first-order chi connectivity index (χ1) is 10.1. The van der Waals surface area contributed by atoms with Gasteiger partial charge in [0, 0.05) is 19.3 Å². The van der Waals surface area contributed by atoms with Gasteiger partial charge in [0.15, 0.2) is 0 Å². The van der Waals surface area contributed by atoms with Crippen LogP contribution in [0.1, 0.15) is 23.7 Å². The van der Waals surface area contributed by atoms with Gasteiger partial charge in [-0.05, 0) is 48.7 Å². The van der Waals surface area contributed by atoms with E-state index in [0.717, 1.165) is 29.1 Å². The molecule has 2 rings (SSSR count). The summed E-state index contributed by atoms with van der Waals surface area (Å²) in [4.78, 5) is 2.15. The maximum atomic E-state index is 10.4. The summed E-state index contributed by atoms with van der Waals surface area (Å²) in [6.07, 6.45) is 0.237. The normalized spacial score (nSPS) is 12.0. The Morgan fingerprint density at radius 2 is 1.86 bits per heavy atom. The van der Waals surface area contributed by atoms with Crippen molar-refractivity contribution in [1.29, 1.82) is 0 Å². The van der Waals surface area contributed by atoms with Crippen molar-refractivity contribution >= 4 is 5.69 Å². The quantitative estimate of drug-likeness (QED) is 0.881. The fourth-order valence-corrected chi connectivity index (χ4v) is 2.43. The Labute approximate surface area is 126 Å². The number of aliphatic hydroxyl groups is 1. The van der Waals surface area contributed by atoms with Crippen molar-refractivity contribution in [1.82, 2.24) is 0 Å². The molecular weight excluding hydrogens is 262 g/mol. The van der Waals surface area contributed by atoms with Gasteiger partial charge in [-0.15, -0.1) is 0 Å². The van der Waals surface area contributed by atoms with Crippen LogP contribution in [0.4, 0.5) is 5.69 Å². The molecule has 0 saturated heterocycles. The van der Waals surface area contributed by atoms with E-state index in [1.165, 1.54) is 0 Å². The molecule has 0 amide bonds. The summed E-state index contributed by atoms with van der Waals surface area (Å²) in [5, 5.41) is 10.4. The lowest BCUT2D eigenvalue weighted by molar-refractivity contribution is 0.169. The molecule has 0 spiro atoms. The number of aryl methyl sites for hydroxylation is 1. The Morgan fingerprint density at radius 1 is 1.14 bits per heavy atom. The van der Waals surface area contributed by atoms with E-state index >= 15 is 0 Å². The average Bonchev–Trinajstić information content (AvgIpc) is 2.52. The molecule has 3 heteroatoms. The Hall–Kier alpha value is -2.00. The van der Waals surface area contributed by atoms with E-state index in [-0.39, 0.29) is 0 Å². The third kappa shape index (κ3) is 3.99. The summed E-state index contributed by atoms with van der Waals surface area (Å²) in [6, 6.07) is 16.0. The molecule has 2 aromatic rings. The van der Waals surface area contributed by atoms with Crippen molar-refractivity contribution in [2.45, 2.75) is 19.4 Å². The Bertz CT molecular complexity index is 569. The van der Waals surface area contributed by atoms with Gasteiger partial charge in [-0.1, -0.05) is 24.3 Å². The fraction of sp³-hybridized carbons (Fsp3) is 0.333. The number of methoxy groups -OCH3 is 1. The number of rotatable bonds is 6. The molecule has 112 valence electrons. The van der Waals surface area contributed by atoms with Crippen LogP contribution in [-0.4, -0.2) is 25.8 Å². The van der Waals surface area contributed by atoms with Gasteiger partial charge < -0.3 is 14.7 Å². The monoisotopic (exact) mass is 285 g/mol. The van der Waals surface area contributed by atoms with Gasteiger partial charge in [0.05, 0.1) is 13.2 Å². The van der Waals surface area contributed by atoms with Gasteiger partial charge in [0.2, 0.25) is 0 Å². The predicted molar refractivity (Wildman–Crippen MR) is 87.0 cm³/mol. The van der Waals surface area contributed by atoms with Crippen LogP contribution in [0.15, 0.2) is 48.5 Å². The van der Waals surface area contributed by atoms with Crippen LogP contribution in [0.2, 0.25) is 0 Å². The number of anilines is 1. The highest BCUT2D eigenvalue weighted by Gasteiger charge is 2.12. The highest BCUT2D eigenvalue weighted by atomic mass is 16.5. The summed E-state index contributed by atoms with van der Waals surface area (Å²) in [5.74, 6) is 0.824. The highest BCUT2D eigenvalue weighted by molar-refractivity contribution is 5.45. The van der Waals surface area contributed by atoms with E-state index in [0.29, 0.717) is 6.42 Å². The molecule has 21 heavy (non-hydrogen) atoms. The molecule has 0 bridgehead atoms. The van der Waals surface area contributed by atoms with Crippen molar-refractivity contribution in [3.8, 4) is 5.75 Å². The van der Waals surface area contributed by atoms with Crippen LogP contribution in [0.25, 0.3) is 0 Å². The lowest BCUT2D eigenvalue weighted by atomic mass is 10.0. The number of aliphatic hydroxyl groups excluding tert-OH is 1. The number of hydrogen-bond acceptors (Lipinski definition) is 3. The fourth-order valence-electron chi connectivity index (χ4n) is 2.43. The van der Waals surface area contributed by atoms with Gasteiger partial charge >= 0.3 is 0 Å². The minimum absolute atomic E-state index is 0.456. The van der Waals surface area contributed by atoms with Crippen LogP contribution in [-0.2, 0) is 0 Å². The molecule has 0 heterocycles. The minimum Gasteiger partial charge on any atom is -0.497 e. The summed E-state index contributed by atoms with van der Waals surface area (Å²) < 4.78 is 5.20. The Kier molecular flexibility index (Phi) is 5.23. The van der Waals surface area contributed by atoms with E-state index in [9.17, 15) is 5.11 Å². The smallest absolute Gasteiger partial charge is 0.119 e. The largest absolute Gasteiger partial charge is 0.497 e. The summed E-state index contributed by atoms with van der Waals surface area (Å²) >= 11 is 0. The van der Waals surface area contributed by atoms with E-state index in [1.807, 2.05) is 50.4 Å². The standard InChI is InChI=1S/C18H23NO2/c1-14-13-16(21-3)9-10-17(14)18(20)11-12-19(2)15-7-5-4-6-8-15/h4-10,13,18,20H,11-12H2,1-3H3. The Morgan fingerprint density at radius 3 is 2.48 bits per heavy atom. The Balaban J connectivity index is 1.97. The number of nitrogens with zero attached hydrogens (tertiary/aromatic N) is 1. The van der Waals surface area contributed by atoms with Crippen molar-refractivity contribution in [3.63, 3.8) is 0 Å². The molecule has 2 aromatic carbocycles. The topological polar surface area (TPSA) is 32.7 Å². The zero-order valence-corrected chi connectivity index (χ0v) is 12.9. The summed E-state index contributed by atoms with van der Waals surface area (Å²) in [5.41, 5.74) is 3.19. The van der Waals surface area contributed by atoms with Crippen molar-refractivity contribution < 1.29 is 9.84 Å². The van der Waals surface area contributed by atoms with E-state index in [2.05, 4.69) is 17.0 Å². The first kappa shape index (κ1) is 15.4. The van der Waals surface area contributed by atoms with E-state index in [1.54, 1.807) is 7.11 Å². The number of para-hydroxylation sites is 1. The second-order valence-electron chi connectivity index (χ2n) is 5.28. The second kappa shape index (κ2) is 7.14. The van der Waals surface area contributed by atoms with Crippen LogP contribution >= 0.6 is 0 Å². The van der Waals surface area contributed by atoms with Gasteiger partial charge in [0.1, 0.15) is 5.75 Å². The molecule has 0 aliphatic heterocycles. The molecule has 0 fully saturated rings. The first-order valence-electron chi connectivity index (χ1n) is 7.20. The summed E-state index contributed by atoms with van der Waals surface area (Å²) in [6.45, 7) is 2.80. The molecule has 0 radical (unpaired) electrons. The van der Waals surface area contributed by atoms with Crippen molar-refractivity contribution in [2.75, 3.05) is 25.6 Å². The average molecular weight is 285 g/mol. The number of benzene rings is 2. The molecule has 0 aromatic heterocycles. The molecule has 0 saturated carbocycles. The van der Waals surface area contributed by atoms with Crippen LogP contribution in [0, 0.1) is 6.92 Å². The molecule has 1 atom stereocenters. The first-order valence-corrected chi connectivity index (χ1v) is 7.20. The molecule has 1 unspecified atom stereocenters. The highest BCUT2D eigenvalue weighted by Crippen LogP contribution is 2.25. The molecule has 1 N–H and O–H groups in total. The maximum absolute atomic E-state index is 10.4. The van der Waals surface area contributed by atoms with E-state index in [4.69, 9.17) is 4.74 Å². The number of hydrogen-bond donors (Lipinski definition) is 1. The van der Waals surface area contributed by atoms with Crippen LogP contribution in [0.3, 0.4) is 0 Å². The minimum atomic E-state index is -0.456. The maximum Gasteiger partial charge on any atom is 0.119 e. The van der Waals surface area contributed by atoms with Gasteiger partial charge in [0.25, 0.3) is 0 Å². The zero-order valence-electron chi connectivity index (χ0n) is 12.9.